The van der Waals surface area contributed by atoms with Crippen LogP contribution < -0.4 is 5.32 Å². The predicted octanol–water partition coefficient (Wildman–Crippen LogP) is 5.76. The normalized spacial score (nSPS) is 12.6. The molecule has 1 nitrogen and oxygen atoms in total. The van der Waals surface area contributed by atoms with Gasteiger partial charge in [0, 0.05) is 26.4 Å². The summed E-state index contributed by atoms with van der Waals surface area (Å²) in [5, 5.41) is 3.56. The summed E-state index contributed by atoms with van der Waals surface area (Å²) in [4.78, 5) is 1.33. The Balaban J connectivity index is 1.84. The van der Waals surface area contributed by atoms with Crippen LogP contribution in [-0.4, -0.2) is 6.04 Å². The van der Waals surface area contributed by atoms with Crippen LogP contribution in [0.3, 0.4) is 0 Å². The van der Waals surface area contributed by atoms with Gasteiger partial charge < -0.3 is 5.32 Å². The van der Waals surface area contributed by atoms with Crippen molar-refractivity contribution in [3.05, 3.63) is 53.5 Å². The Morgan fingerprint density at radius 1 is 1.16 bits per heavy atom. The van der Waals surface area contributed by atoms with E-state index in [9.17, 15) is 0 Å². The van der Waals surface area contributed by atoms with Crippen molar-refractivity contribution in [2.45, 2.75) is 25.9 Å². The Kier molecular flexibility index (Phi) is 6.09. The minimum atomic E-state index is 0.459. The highest BCUT2D eigenvalue weighted by Crippen LogP contribution is 2.32. The average molecular weight is 468 g/mol. The first-order valence-corrected chi connectivity index (χ1v) is 9.15. The summed E-state index contributed by atoms with van der Waals surface area (Å²) < 4.78 is 3.42. The molecule has 102 valence electrons. The third-order valence-electron chi connectivity index (χ3n) is 2.78. The molecule has 1 N–H and O–H groups in total. The second-order valence-electron chi connectivity index (χ2n) is 4.45. The SMILES string of the molecule is CC(Cc1ccc(Br)cc1)NCc1cc(Br)c(Br)s1. The molecular weight excluding hydrogens is 454 g/mol. The van der Waals surface area contributed by atoms with Crippen LogP contribution in [0.5, 0.6) is 0 Å². The number of benzene rings is 1. The maximum atomic E-state index is 3.56. The van der Waals surface area contributed by atoms with Gasteiger partial charge in [0.05, 0.1) is 3.79 Å². The zero-order valence-electron chi connectivity index (χ0n) is 10.4. The molecule has 0 aliphatic rings. The van der Waals surface area contributed by atoms with E-state index in [1.807, 2.05) is 0 Å². The summed E-state index contributed by atoms with van der Waals surface area (Å²) in [5.74, 6) is 0. The predicted molar refractivity (Wildman–Crippen MR) is 93.9 cm³/mol. The zero-order valence-corrected chi connectivity index (χ0v) is 16.0. The standard InChI is InChI=1S/C14H14Br3NS/c1-9(6-10-2-4-11(15)5-3-10)18-8-12-7-13(16)14(17)19-12/h2-5,7,9,18H,6,8H2,1H3. The Morgan fingerprint density at radius 3 is 2.42 bits per heavy atom. The van der Waals surface area contributed by atoms with Gasteiger partial charge >= 0.3 is 0 Å². The summed E-state index contributed by atoms with van der Waals surface area (Å²) in [6.07, 6.45) is 1.04. The van der Waals surface area contributed by atoms with E-state index in [0.717, 1.165) is 25.7 Å². The van der Waals surface area contributed by atoms with Crippen LogP contribution in [0.4, 0.5) is 0 Å². The van der Waals surface area contributed by atoms with E-state index >= 15 is 0 Å². The fraction of sp³-hybridized carbons (Fsp3) is 0.286. The minimum Gasteiger partial charge on any atom is -0.309 e. The lowest BCUT2D eigenvalue weighted by atomic mass is 10.1. The Bertz CT molecular complexity index is 517. The monoisotopic (exact) mass is 465 g/mol. The van der Waals surface area contributed by atoms with E-state index in [-0.39, 0.29) is 0 Å². The molecule has 0 aliphatic heterocycles. The van der Waals surface area contributed by atoms with Gasteiger partial charge in [0.25, 0.3) is 0 Å². The number of hydrogen-bond donors (Lipinski definition) is 1. The van der Waals surface area contributed by atoms with Crippen molar-refractivity contribution in [1.82, 2.24) is 5.32 Å². The molecule has 0 fully saturated rings. The zero-order chi connectivity index (χ0) is 13.8. The molecule has 0 aliphatic carbocycles. The molecule has 0 saturated carbocycles. The molecule has 1 heterocycles. The van der Waals surface area contributed by atoms with Crippen molar-refractivity contribution in [3.8, 4) is 0 Å². The summed E-state index contributed by atoms with van der Waals surface area (Å²) in [6, 6.07) is 11.1. The molecular formula is C14H14Br3NS. The van der Waals surface area contributed by atoms with Crippen molar-refractivity contribution >= 4 is 59.1 Å². The van der Waals surface area contributed by atoms with Gasteiger partial charge in [-0.25, -0.2) is 0 Å². The summed E-state index contributed by atoms with van der Waals surface area (Å²) >= 11 is 12.3. The molecule has 0 amide bonds. The first-order chi connectivity index (χ1) is 9.04. The highest BCUT2D eigenvalue weighted by atomic mass is 79.9. The van der Waals surface area contributed by atoms with Crippen molar-refractivity contribution in [1.29, 1.82) is 0 Å². The summed E-state index contributed by atoms with van der Waals surface area (Å²) in [6.45, 7) is 3.13. The summed E-state index contributed by atoms with van der Waals surface area (Å²) in [5.41, 5.74) is 1.36. The third-order valence-corrected chi connectivity index (χ3v) is 6.56. The molecule has 0 bridgehead atoms. The summed E-state index contributed by atoms with van der Waals surface area (Å²) in [7, 11) is 0. The Hall–Kier alpha value is 0.320. The van der Waals surface area contributed by atoms with Gasteiger partial charge in [0.15, 0.2) is 0 Å². The Labute approximate surface area is 143 Å². The number of rotatable bonds is 5. The van der Waals surface area contributed by atoms with Crippen molar-refractivity contribution in [3.63, 3.8) is 0 Å². The Morgan fingerprint density at radius 2 is 1.84 bits per heavy atom. The molecule has 19 heavy (non-hydrogen) atoms. The molecule has 0 spiro atoms. The van der Waals surface area contributed by atoms with E-state index in [1.165, 1.54) is 10.4 Å². The molecule has 1 aromatic heterocycles. The lowest BCUT2D eigenvalue weighted by Gasteiger charge is -2.13. The van der Waals surface area contributed by atoms with Crippen LogP contribution in [0.25, 0.3) is 0 Å². The van der Waals surface area contributed by atoms with Gasteiger partial charge in [-0.3, -0.25) is 0 Å². The fourth-order valence-corrected chi connectivity index (χ4v) is 4.19. The van der Waals surface area contributed by atoms with Gasteiger partial charge in [0.1, 0.15) is 0 Å². The van der Waals surface area contributed by atoms with E-state index in [2.05, 4.69) is 90.4 Å². The van der Waals surface area contributed by atoms with Crippen molar-refractivity contribution in [2.75, 3.05) is 0 Å². The molecule has 2 rings (SSSR count). The first-order valence-electron chi connectivity index (χ1n) is 5.96. The lowest BCUT2D eigenvalue weighted by molar-refractivity contribution is 0.549. The maximum Gasteiger partial charge on any atom is 0.0843 e. The van der Waals surface area contributed by atoms with E-state index in [4.69, 9.17) is 0 Å². The molecule has 0 radical (unpaired) electrons. The van der Waals surface area contributed by atoms with Crippen molar-refractivity contribution in [2.24, 2.45) is 0 Å². The second kappa shape index (κ2) is 7.36. The number of hydrogen-bond acceptors (Lipinski definition) is 2. The fourth-order valence-electron chi connectivity index (χ4n) is 1.80. The van der Waals surface area contributed by atoms with Gasteiger partial charge in [-0.1, -0.05) is 28.1 Å². The number of halogens is 3. The number of thiophene rings is 1. The molecule has 1 atom stereocenters. The molecule has 5 heteroatoms. The van der Waals surface area contributed by atoms with Gasteiger partial charge in [-0.15, -0.1) is 11.3 Å². The molecule has 1 aromatic carbocycles. The van der Waals surface area contributed by atoms with Gasteiger partial charge in [-0.05, 0) is 69.0 Å². The minimum absolute atomic E-state index is 0.459. The van der Waals surface area contributed by atoms with Crippen LogP contribution in [0.15, 0.2) is 43.1 Å². The maximum absolute atomic E-state index is 3.56. The van der Waals surface area contributed by atoms with Crippen LogP contribution in [0.2, 0.25) is 0 Å². The van der Waals surface area contributed by atoms with Crippen LogP contribution in [0, 0.1) is 0 Å². The average Bonchev–Trinajstić information content (AvgIpc) is 2.69. The molecule has 0 saturated heterocycles. The van der Waals surface area contributed by atoms with E-state index in [0.29, 0.717) is 6.04 Å². The van der Waals surface area contributed by atoms with Crippen LogP contribution in [-0.2, 0) is 13.0 Å². The largest absolute Gasteiger partial charge is 0.309 e. The van der Waals surface area contributed by atoms with E-state index < -0.39 is 0 Å². The van der Waals surface area contributed by atoms with Crippen LogP contribution in [0.1, 0.15) is 17.4 Å². The highest BCUT2D eigenvalue weighted by molar-refractivity contribution is 9.13. The molecule has 1 unspecified atom stereocenters. The van der Waals surface area contributed by atoms with Gasteiger partial charge in [0.2, 0.25) is 0 Å². The number of nitrogens with one attached hydrogen (secondary N) is 1. The van der Waals surface area contributed by atoms with E-state index in [1.54, 1.807) is 11.3 Å². The quantitative estimate of drug-likeness (QED) is 0.589. The highest BCUT2D eigenvalue weighted by Gasteiger charge is 2.07. The topological polar surface area (TPSA) is 12.0 Å². The smallest absolute Gasteiger partial charge is 0.0843 e. The second-order valence-corrected chi connectivity index (χ2v) is 8.67. The van der Waals surface area contributed by atoms with Crippen molar-refractivity contribution < 1.29 is 0 Å². The molecule has 2 aromatic rings. The van der Waals surface area contributed by atoms with Gasteiger partial charge in [-0.2, -0.15) is 0 Å². The third kappa shape index (κ3) is 4.97. The first kappa shape index (κ1) is 15.7. The van der Waals surface area contributed by atoms with Crippen LogP contribution >= 0.6 is 59.1 Å². The lowest BCUT2D eigenvalue weighted by Crippen LogP contribution is -2.27.